The summed E-state index contributed by atoms with van der Waals surface area (Å²) in [5, 5.41) is 0. The standard InChI is InChI=1S/C24H26N4S/c1-2-5-18(6-3-1)22-15-26-24(19-8-11-25-12-9-19)27-23(22)20-7-4-13-28(16-20)21-10-14-29-17-21/h1-3,5-6,8-9,11-12,15,20-21H,4,7,10,13-14,16-17H2/t20-,21+/m1/s1. The van der Waals surface area contributed by atoms with E-state index in [1.165, 1.54) is 54.1 Å². The molecular formula is C24H26N4S. The molecule has 0 N–H and O–H groups in total. The van der Waals surface area contributed by atoms with Crippen LogP contribution in [-0.2, 0) is 0 Å². The Labute approximate surface area is 176 Å². The minimum absolute atomic E-state index is 0.452. The van der Waals surface area contributed by atoms with E-state index < -0.39 is 0 Å². The largest absolute Gasteiger partial charge is 0.299 e. The Bertz CT molecular complexity index is 942. The third-order valence-electron chi connectivity index (χ3n) is 6.10. The first-order chi connectivity index (χ1) is 14.4. The van der Waals surface area contributed by atoms with Gasteiger partial charge in [-0.25, -0.2) is 9.97 Å². The summed E-state index contributed by atoms with van der Waals surface area (Å²) < 4.78 is 0. The molecule has 0 spiro atoms. The van der Waals surface area contributed by atoms with Crippen molar-refractivity contribution >= 4 is 11.8 Å². The lowest BCUT2D eigenvalue weighted by Crippen LogP contribution is -2.42. The average Bonchev–Trinajstić information content (AvgIpc) is 3.35. The van der Waals surface area contributed by atoms with Gasteiger partial charge in [0.2, 0.25) is 0 Å². The van der Waals surface area contributed by atoms with Crippen molar-refractivity contribution in [2.24, 2.45) is 0 Å². The fourth-order valence-corrected chi connectivity index (χ4v) is 5.81. The number of benzene rings is 1. The van der Waals surface area contributed by atoms with Crippen LogP contribution in [-0.4, -0.2) is 50.5 Å². The zero-order valence-corrected chi connectivity index (χ0v) is 17.4. The number of piperidine rings is 1. The van der Waals surface area contributed by atoms with Crippen LogP contribution in [0.3, 0.4) is 0 Å². The van der Waals surface area contributed by atoms with Crippen LogP contribution in [0.15, 0.2) is 61.1 Å². The van der Waals surface area contributed by atoms with Gasteiger partial charge in [0, 0.05) is 54.0 Å². The molecule has 5 heteroatoms. The molecule has 0 bridgehead atoms. The van der Waals surface area contributed by atoms with Gasteiger partial charge in [-0.05, 0) is 49.3 Å². The predicted molar refractivity (Wildman–Crippen MR) is 120 cm³/mol. The number of likely N-dealkylation sites (tertiary alicyclic amines) is 1. The quantitative estimate of drug-likeness (QED) is 0.621. The van der Waals surface area contributed by atoms with Crippen molar-refractivity contribution in [3.63, 3.8) is 0 Å². The molecule has 4 heterocycles. The molecule has 5 rings (SSSR count). The molecular weight excluding hydrogens is 376 g/mol. The summed E-state index contributed by atoms with van der Waals surface area (Å²) in [5.74, 6) is 3.84. The summed E-state index contributed by atoms with van der Waals surface area (Å²) in [6, 6.07) is 15.3. The molecule has 1 aromatic carbocycles. The number of rotatable bonds is 4. The van der Waals surface area contributed by atoms with Gasteiger partial charge in [0.25, 0.3) is 0 Å². The van der Waals surface area contributed by atoms with Gasteiger partial charge in [0.05, 0.1) is 5.69 Å². The molecule has 0 radical (unpaired) electrons. The zero-order valence-electron chi connectivity index (χ0n) is 16.6. The van der Waals surface area contributed by atoms with Gasteiger partial charge in [-0.2, -0.15) is 11.8 Å². The Hall–Kier alpha value is -2.24. The second-order valence-electron chi connectivity index (χ2n) is 7.95. The van der Waals surface area contributed by atoms with Gasteiger partial charge in [0.1, 0.15) is 0 Å². The number of thioether (sulfide) groups is 1. The minimum Gasteiger partial charge on any atom is -0.299 e. The SMILES string of the molecule is c1ccc(-c2cnc(-c3ccncc3)nc2[C@@H]2CCCN([C@H]3CCSC3)C2)cc1. The van der Waals surface area contributed by atoms with Gasteiger partial charge < -0.3 is 0 Å². The monoisotopic (exact) mass is 402 g/mol. The molecule has 0 unspecified atom stereocenters. The van der Waals surface area contributed by atoms with Crippen molar-refractivity contribution in [2.45, 2.75) is 31.2 Å². The Balaban J connectivity index is 1.53. The molecule has 0 aliphatic carbocycles. The Morgan fingerprint density at radius 1 is 0.966 bits per heavy atom. The van der Waals surface area contributed by atoms with Gasteiger partial charge in [0.15, 0.2) is 5.82 Å². The fraction of sp³-hybridized carbons (Fsp3) is 0.375. The van der Waals surface area contributed by atoms with E-state index in [0.717, 1.165) is 24.0 Å². The molecule has 148 valence electrons. The molecule has 29 heavy (non-hydrogen) atoms. The number of aromatic nitrogens is 3. The van der Waals surface area contributed by atoms with Crippen LogP contribution in [0.4, 0.5) is 0 Å². The lowest BCUT2D eigenvalue weighted by atomic mass is 9.89. The van der Waals surface area contributed by atoms with Crippen LogP contribution in [0.2, 0.25) is 0 Å². The number of hydrogen-bond donors (Lipinski definition) is 0. The van der Waals surface area contributed by atoms with Crippen LogP contribution < -0.4 is 0 Å². The van der Waals surface area contributed by atoms with E-state index >= 15 is 0 Å². The smallest absolute Gasteiger partial charge is 0.159 e. The summed E-state index contributed by atoms with van der Waals surface area (Å²) in [5.41, 5.74) is 4.61. The van der Waals surface area contributed by atoms with Crippen LogP contribution in [0, 0.1) is 0 Å². The topological polar surface area (TPSA) is 41.9 Å². The highest BCUT2D eigenvalue weighted by atomic mass is 32.2. The summed E-state index contributed by atoms with van der Waals surface area (Å²) in [7, 11) is 0. The van der Waals surface area contributed by atoms with Crippen LogP contribution in [0.1, 0.15) is 30.9 Å². The summed E-state index contributed by atoms with van der Waals surface area (Å²) in [6.45, 7) is 2.34. The third-order valence-corrected chi connectivity index (χ3v) is 7.25. The average molecular weight is 403 g/mol. The van der Waals surface area contributed by atoms with Crippen LogP contribution in [0.5, 0.6) is 0 Å². The van der Waals surface area contributed by atoms with E-state index in [2.05, 4.69) is 52.0 Å². The minimum atomic E-state index is 0.452. The van der Waals surface area contributed by atoms with Crippen molar-refractivity contribution in [1.82, 2.24) is 19.9 Å². The predicted octanol–water partition coefficient (Wildman–Crippen LogP) is 4.89. The molecule has 2 aromatic heterocycles. The zero-order chi connectivity index (χ0) is 19.5. The van der Waals surface area contributed by atoms with Gasteiger partial charge in [-0.15, -0.1) is 0 Å². The summed E-state index contributed by atoms with van der Waals surface area (Å²) in [6.07, 6.45) is 9.41. The number of pyridine rings is 1. The lowest BCUT2D eigenvalue weighted by molar-refractivity contribution is 0.160. The molecule has 2 aliphatic rings. The number of nitrogens with zero attached hydrogens (tertiary/aromatic N) is 4. The van der Waals surface area contributed by atoms with E-state index in [9.17, 15) is 0 Å². The fourth-order valence-electron chi connectivity index (χ4n) is 4.56. The summed E-state index contributed by atoms with van der Waals surface area (Å²) in [4.78, 5) is 16.7. The molecule has 0 saturated carbocycles. The first-order valence-electron chi connectivity index (χ1n) is 10.5. The first-order valence-corrected chi connectivity index (χ1v) is 11.7. The normalized spacial score (nSPS) is 22.6. The van der Waals surface area contributed by atoms with Crippen molar-refractivity contribution < 1.29 is 0 Å². The highest BCUT2D eigenvalue weighted by molar-refractivity contribution is 7.99. The molecule has 2 atom stereocenters. The maximum Gasteiger partial charge on any atom is 0.159 e. The highest BCUT2D eigenvalue weighted by Crippen LogP contribution is 2.36. The maximum absolute atomic E-state index is 5.13. The summed E-state index contributed by atoms with van der Waals surface area (Å²) >= 11 is 2.10. The Kier molecular flexibility index (Phi) is 5.59. The maximum atomic E-state index is 5.13. The second-order valence-corrected chi connectivity index (χ2v) is 9.10. The highest BCUT2D eigenvalue weighted by Gasteiger charge is 2.31. The molecule has 3 aromatic rings. The van der Waals surface area contributed by atoms with E-state index in [-0.39, 0.29) is 0 Å². The van der Waals surface area contributed by atoms with Crippen molar-refractivity contribution in [3.05, 3.63) is 66.7 Å². The van der Waals surface area contributed by atoms with E-state index in [1.54, 1.807) is 0 Å². The van der Waals surface area contributed by atoms with Crippen molar-refractivity contribution in [1.29, 1.82) is 0 Å². The van der Waals surface area contributed by atoms with E-state index in [0.29, 0.717) is 5.92 Å². The van der Waals surface area contributed by atoms with Crippen LogP contribution >= 0.6 is 11.8 Å². The molecule has 0 amide bonds. The first kappa shape index (κ1) is 18.8. The molecule has 4 nitrogen and oxygen atoms in total. The molecule has 2 aliphatic heterocycles. The Morgan fingerprint density at radius 3 is 2.62 bits per heavy atom. The van der Waals surface area contributed by atoms with Gasteiger partial charge in [-0.3, -0.25) is 9.88 Å². The number of hydrogen-bond acceptors (Lipinski definition) is 5. The second kappa shape index (κ2) is 8.64. The van der Waals surface area contributed by atoms with E-state index in [1.807, 2.05) is 30.7 Å². The van der Waals surface area contributed by atoms with Crippen molar-refractivity contribution in [2.75, 3.05) is 24.6 Å². The van der Waals surface area contributed by atoms with Gasteiger partial charge >= 0.3 is 0 Å². The van der Waals surface area contributed by atoms with Crippen LogP contribution in [0.25, 0.3) is 22.5 Å². The third kappa shape index (κ3) is 4.07. The Morgan fingerprint density at radius 2 is 1.83 bits per heavy atom. The van der Waals surface area contributed by atoms with Gasteiger partial charge in [-0.1, -0.05) is 30.3 Å². The molecule has 2 saturated heterocycles. The van der Waals surface area contributed by atoms with E-state index in [4.69, 9.17) is 9.97 Å². The lowest BCUT2D eigenvalue weighted by Gasteiger charge is -2.37. The van der Waals surface area contributed by atoms with Crippen molar-refractivity contribution in [3.8, 4) is 22.5 Å². The molecule has 2 fully saturated rings.